The molecule has 5 nitrogen and oxygen atoms in total. The molecule has 2 aromatic heterocycles. The number of thiophene rings is 1. The summed E-state index contributed by atoms with van der Waals surface area (Å²) in [5.74, 6) is 0.115. The highest BCUT2D eigenvalue weighted by atomic mass is 32.1. The zero-order chi connectivity index (χ0) is 11.5. The summed E-state index contributed by atoms with van der Waals surface area (Å²) in [4.78, 5) is 18.6. The summed E-state index contributed by atoms with van der Waals surface area (Å²) in [7, 11) is 1.76. The summed E-state index contributed by atoms with van der Waals surface area (Å²) in [6.07, 6.45) is 1.33. The maximum atomic E-state index is 11.9. The molecule has 0 aliphatic rings. The van der Waals surface area contributed by atoms with Gasteiger partial charge in [-0.25, -0.2) is 4.98 Å². The summed E-state index contributed by atoms with van der Waals surface area (Å²) in [6, 6.07) is 4.03. The van der Waals surface area contributed by atoms with Crippen LogP contribution in [0, 0.1) is 0 Å². The summed E-state index contributed by atoms with van der Waals surface area (Å²) >= 11 is 1.63. The van der Waals surface area contributed by atoms with E-state index in [-0.39, 0.29) is 17.8 Å². The van der Waals surface area contributed by atoms with Gasteiger partial charge in [-0.2, -0.15) is 5.10 Å². The summed E-state index contributed by atoms with van der Waals surface area (Å²) < 4.78 is 0. The number of rotatable bonds is 3. The third kappa shape index (κ3) is 1.96. The van der Waals surface area contributed by atoms with Crippen LogP contribution in [0.4, 0.5) is 0 Å². The van der Waals surface area contributed by atoms with Gasteiger partial charge in [-0.3, -0.25) is 9.89 Å². The number of H-pyrrole nitrogens is 1. The Labute approximate surface area is 97.1 Å². The van der Waals surface area contributed by atoms with Crippen molar-refractivity contribution < 1.29 is 4.79 Å². The molecule has 6 heteroatoms. The molecule has 84 valence electrons. The lowest BCUT2D eigenvalue weighted by atomic mass is 10.2. The highest BCUT2D eigenvalue weighted by Gasteiger charge is 2.21. The van der Waals surface area contributed by atoms with Crippen molar-refractivity contribution >= 4 is 17.2 Å². The van der Waals surface area contributed by atoms with E-state index in [1.54, 1.807) is 23.3 Å². The number of carbonyl (C=O) groups excluding carboxylic acids is 1. The first kappa shape index (κ1) is 10.8. The first-order valence-electron chi connectivity index (χ1n) is 4.86. The van der Waals surface area contributed by atoms with Crippen molar-refractivity contribution in [3.05, 3.63) is 34.5 Å². The number of hydrogen-bond acceptors (Lipinski definition) is 4. The smallest absolute Gasteiger partial charge is 0.291 e. The van der Waals surface area contributed by atoms with E-state index in [4.69, 9.17) is 0 Å². The zero-order valence-electron chi connectivity index (χ0n) is 9.04. The minimum absolute atomic E-state index is 0.0394. The fourth-order valence-electron chi connectivity index (χ4n) is 1.37. The fourth-order valence-corrected chi connectivity index (χ4v) is 2.20. The predicted molar refractivity (Wildman–Crippen MR) is 61.2 cm³/mol. The molecule has 2 heterocycles. The highest BCUT2D eigenvalue weighted by molar-refractivity contribution is 7.10. The first-order valence-corrected chi connectivity index (χ1v) is 5.74. The number of nitrogens with zero attached hydrogens (tertiary/aromatic N) is 3. The van der Waals surface area contributed by atoms with Gasteiger partial charge in [-0.1, -0.05) is 6.07 Å². The van der Waals surface area contributed by atoms with Gasteiger partial charge in [0.25, 0.3) is 5.91 Å². The molecule has 16 heavy (non-hydrogen) atoms. The molecular weight excluding hydrogens is 224 g/mol. The van der Waals surface area contributed by atoms with E-state index < -0.39 is 0 Å². The normalized spacial score (nSPS) is 12.4. The Kier molecular flexibility index (Phi) is 3.00. The van der Waals surface area contributed by atoms with Gasteiger partial charge in [-0.05, 0) is 18.4 Å². The first-order chi connectivity index (χ1) is 7.70. The quantitative estimate of drug-likeness (QED) is 0.882. The molecule has 0 saturated heterocycles. The molecule has 0 aliphatic carbocycles. The molecule has 0 aromatic carbocycles. The molecule has 0 aliphatic heterocycles. The molecule has 0 saturated carbocycles. The van der Waals surface area contributed by atoms with E-state index in [0.717, 1.165) is 4.88 Å². The van der Waals surface area contributed by atoms with E-state index in [9.17, 15) is 4.79 Å². The molecule has 1 atom stereocenters. The minimum Gasteiger partial charge on any atom is -0.331 e. The van der Waals surface area contributed by atoms with Gasteiger partial charge >= 0.3 is 0 Å². The van der Waals surface area contributed by atoms with Gasteiger partial charge in [-0.15, -0.1) is 11.3 Å². The Morgan fingerprint density at radius 3 is 3.00 bits per heavy atom. The molecule has 0 fully saturated rings. The van der Waals surface area contributed by atoms with Crippen molar-refractivity contribution in [1.29, 1.82) is 0 Å². The van der Waals surface area contributed by atoms with E-state index in [1.807, 2.05) is 24.4 Å². The van der Waals surface area contributed by atoms with Gasteiger partial charge in [0.2, 0.25) is 5.82 Å². The maximum absolute atomic E-state index is 11.9. The summed E-state index contributed by atoms with van der Waals surface area (Å²) in [6.45, 7) is 1.99. The number of nitrogens with one attached hydrogen (secondary N) is 1. The Bertz CT molecular complexity index is 451. The monoisotopic (exact) mass is 236 g/mol. The third-order valence-electron chi connectivity index (χ3n) is 2.47. The van der Waals surface area contributed by atoms with Crippen molar-refractivity contribution in [3.8, 4) is 0 Å². The second-order valence-corrected chi connectivity index (χ2v) is 4.42. The van der Waals surface area contributed by atoms with Crippen molar-refractivity contribution in [3.63, 3.8) is 0 Å². The summed E-state index contributed by atoms with van der Waals surface area (Å²) in [5, 5.41) is 8.23. The van der Waals surface area contributed by atoms with Crippen LogP contribution in [-0.2, 0) is 0 Å². The largest absolute Gasteiger partial charge is 0.331 e. The van der Waals surface area contributed by atoms with Crippen molar-refractivity contribution in [2.75, 3.05) is 7.05 Å². The van der Waals surface area contributed by atoms with E-state index in [2.05, 4.69) is 15.2 Å². The fraction of sp³-hybridized carbons (Fsp3) is 0.300. The Morgan fingerprint density at radius 2 is 2.44 bits per heavy atom. The number of aromatic amines is 1. The zero-order valence-corrected chi connectivity index (χ0v) is 9.86. The Morgan fingerprint density at radius 1 is 1.62 bits per heavy atom. The SMILES string of the molecule is CC(c1cccs1)N(C)C(=O)c1ncn[nH]1. The Balaban J connectivity index is 2.14. The van der Waals surface area contributed by atoms with Crippen molar-refractivity contribution in [2.24, 2.45) is 0 Å². The molecule has 0 spiro atoms. The van der Waals surface area contributed by atoms with Crippen LogP contribution in [0.2, 0.25) is 0 Å². The predicted octanol–water partition coefficient (Wildman–Crippen LogP) is 1.70. The van der Waals surface area contributed by atoms with Gasteiger partial charge in [0.15, 0.2) is 0 Å². The molecule has 0 bridgehead atoms. The van der Waals surface area contributed by atoms with Gasteiger partial charge in [0, 0.05) is 11.9 Å². The van der Waals surface area contributed by atoms with Gasteiger partial charge < -0.3 is 4.90 Å². The van der Waals surface area contributed by atoms with Crippen molar-refractivity contribution in [2.45, 2.75) is 13.0 Å². The van der Waals surface area contributed by atoms with Crippen LogP contribution in [0.1, 0.15) is 28.5 Å². The molecule has 2 rings (SSSR count). The summed E-state index contributed by atoms with van der Waals surface area (Å²) in [5.41, 5.74) is 0. The molecule has 1 N–H and O–H groups in total. The molecule has 2 aromatic rings. The standard InChI is InChI=1S/C10H12N4OS/c1-7(8-4-3-5-16-8)14(2)10(15)9-11-6-12-13-9/h3-7H,1-2H3,(H,11,12,13). The van der Waals surface area contributed by atoms with E-state index >= 15 is 0 Å². The minimum atomic E-state index is -0.154. The van der Waals surface area contributed by atoms with E-state index in [0.29, 0.717) is 0 Å². The molecule has 1 amide bonds. The lowest BCUT2D eigenvalue weighted by Crippen LogP contribution is -2.30. The van der Waals surface area contributed by atoms with Crippen LogP contribution < -0.4 is 0 Å². The lowest BCUT2D eigenvalue weighted by Gasteiger charge is -2.22. The third-order valence-corrected chi connectivity index (χ3v) is 3.52. The van der Waals surface area contributed by atoms with Gasteiger partial charge in [0.1, 0.15) is 6.33 Å². The van der Waals surface area contributed by atoms with Gasteiger partial charge in [0.05, 0.1) is 6.04 Å². The van der Waals surface area contributed by atoms with Crippen LogP contribution in [0.25, 0.3) is 0 Å². The average molecular weight is 236 g/mol. The van der Waals surface area contributed by atoms with Crippen LogP contribution in [0.3, 0.4) is 0 Å². The van der Waals surface area contributed by atoms with Crippen molar-refractivity contribution in [1.82, 2.24) is 20.1 Å². The second-order valence-electron chi connectivity index (χ2n) is 3.44. The molecular formula is C10H12N4OS. The molecule has 0 radical (unpaired) electrons. The lowest BCUT2D eigenvalue weighted by molar-refractivity contribution is 0.0733. The highest BCUT2D eigenvalue weighted by Crippen LogP contribution is 2.23. The molecule has 1 unspecified atom stereocenters. The maximum Gasteiger partial charge on any atom is 0.291 e. The topological polar surface area (TPSA) is 61.9 Å². The number of carbonyl (C=O) groups is 1. The number of aromatic nitrogens is 3. The second kappa shape index (κ2) is 4.44. The van der Waals surface area contributed by atoms with Crippen LogP contribution in [-0.4, -0.2) is 33.0 Å². The van der Waals surface area contributed by atoms with Crippen LogP contribution >= 0.6 is 11.3 Å². The van der Waals surface area contributed by atoms with Crippen LogP contribution in [0.5, 0.6) is 0 Å². The van der Waals surface area contributed by atoms with Crippen LogP contribution in [0.15, 0.2) is 23.8 Å². The number of amides is 1. The van der Waals surface area contributed by atoms with E-state index in [1.165, 1.54) is 6.33 Å². The average Bonchev–Trinajstić information content (AvgIpc) is 2.97. The number of hydrogen-bond donors (Lipinski definition) is 1. The Hall–Kier alpha value is -1.69.